The normalized spacial score (nSPS) is 13.8. The molecular weight excluding hydrogens is 561 g/mol. The Labute approximate surface area is 237 Å². The van der Waals surface area contributed by atoms with Gasteiger partial charge in [0.15, 0.2) is 0 Å². The average molecular weight is 591 g/mol. The number of carboxylic acids is 1. The van der Waals surface area contributed by atoms with Crippen LogP contribution in [0.4, 0.5) is 5.82 Å². The molecular formula is C30H30BBrClN3O2. The van der Waals surface area contributed by atoms with Crippen LogP contribution in [0, 0.1) is 6.92 Å². The van der Waals surface area contributed by atoms with Gasteiger partial charge in [0, 0.05) is 29.0 Å². The highest BCUT2D eigenvalue weighted by Crippen LogP contribution is 2.29. The molecule has 1 atom stereocenters. The summed E-state index contributed by atoms with van der Waals surface area (Å²) in [6.45, 7) is 4.57. The summed E-state index contributed by atoms with van der Waals surface area (Å²) >= 11 is 10.1. The molecule has 1 unspecified atom stereocenters. The fraction of sp³-hybridized carbons (Fsp3) is 0.267. The number of carbonyl (C=O) groups is 1. The smallest absolute Gasteiger partial charge is 0.303 e. The Bertz CT molecular complexity index is 1480. The first-order chi connectivity index (χ1) is 18.4. The van der Waals surface area contributed by atoms with E-state index in [2.05, 4.69) is 69.4 Å². The van der Waals surface area contributed by atoms with Crippen molar-refractivity contribution in [1.82, 2.24) is 10.2 Å². The third-order valence-corrected chi connectivity index (χ3v) is 8.31. The maximum atomic E-state index is 11.3. The fourth-order valence-electron chi connectivity index (χ4n) is 5.44. The summed E-state index contributed by atoms with van der Waals surface area (Å²) in [5.74, 6) is 0.230. The van der Waals surface area contributed by atoms with Crippen molar-refractivity contribution < 1.29 is 9.90 Å². The van der Waals surface area contributed by atoms with E-state index in [1.54, 1.807) is 0 Å². The van der Waals surface area contributed by atoms with Gasteiger partial charge in [-0.3, -0.25) is 4.79 Å². The molecule has 0 amide bonds. The van der Waals surface area contributed by atoms with Crippen LogP contribution in [0.2, 0.25) is 5.02 Å². The lowest BCUT2D eigenvalue weighted by atomic mass is 9.76. The van der Waals surface area contributed by atoms with Gasteiger partial charge in [0.25, 0.3) is 0 Å². The first-order valence-corrected chi connectivity index (χ1v) is 14.1. The third kappa shape index (κ3) is 5.90. The molecule has 3 aromatic carbocycles. The van der Waals surface area contributed by atoms with E-state index in [9.17, 15) is 9.90 Å². The summed E-state index contributed by atoms with van der Waals surface area (Å²) in [5, 5.41) is 14.7. The number of nitrogens with one attached hydrogen (secondary N) is 1. The van der Waals surface area contributed by atoms with Gasteiger partial charge in [-0.1, -0.05) is 70.0 Å². The topological polar surface area (TPSA) is 65.5 Å². The van der Waals surface area contributed by atoms with Crippen molar-refractivity contribution in [3.63, 3.8) is 0 Å². The maximum Gasteiger partial charge on any atom is 0.303 e. The van der Waals surface area contributed by atoms with Crippen LogP contribution in [-0.4, -0.2) is 36.6 Å². The Balaban J connectivity index is 1.43. The number of carboxylic acid groups (broad SMARTS) is 1. The summed E-state index contributed by atoms with van der Waals surface area (Å²) < 4.78 is 1.02. The van der Waals surface area contributed by atoms with Crippen LogP contribution >= 0.6 is 27.5 Å². The van der Waals surface area contributed by atoms with Crippen molar-refractivity contribution in [1.29, 1.82) is 0 Å². The molecule has 0 saturated heterocycles. The molecule has 0 radical (unpaired) electrons. The van der Waals surface area contributed by atoms with Crippen molar-refractivity contribution in [2.24, 2.45) is 0 Å². The second-order valence-corrected chi connectivity index (χ2v) is 11.2. The van der Waals surface area contributed by atoms with Gasteiger partial charge < -0.3 is 15.2 Å². The van der Waals surface area contributed by atoms with Crippen LogP contribution < -0.4 is 15.6 Å². The number of aliphatic carboxylic acids is 1. The molecule has 0 aliphatic carbocycles. The Morgan fingerprint density at radius 3 is 2.71 bits per heavy atom. The van der Waals surface area contributed by atoms with E-state index in [0.717, 1.165) is 46.3 Å². The lowest BCUT2D eigenvalue weighted by Gasteiger charge is -2.32. The van der Waals surface area contributed by atoms with E-state index in [-0.39, 0.29) is 12.3 Å². The Morgan fingerprint density at radius 1 is 1.16 bits per heavy atom. The molecule has 0 fully saturated rings. The number of pyridine rings is 1. The lowest BCUT2D eigenvalue weighted by molar-refractivity contribution is -0.137. The first-order valence-electron chi connectivity index (χ1n) is 13.0. The van der Waals surface area contributed by atoms with Crippen molar-refractivity contribution in [3.05, 3.63) is 98.5 Å². The number of nitrogens with zero attached hydrogens (tertiary/aromatic N) is 2. The summed E-state index contributed by atoms with van der Waals surface area (Å²) in [6.07, 6.45) is 1.63. The third-order valence-electron chi connectivity index (χ3n) is 7.47. The number of benzene rings is 3. The van der Waals surface area contributed by atoms with Crippen LogP contribution in [0.25, 0.3) is 10.9 Å². The van der Waals surface area contributed by atoms with Gasteiger partial charge in [0.05, 0.1) is 5.52 Å². The minimum Gasteiger partial charge on any atom is -0.481 e. The second kappa shape index (κ2) is 11.9. The molecule has 0 bridgehead atoms. The van der Waals surface area contributed by atoms with E-state index >= 15 is 0 Å². The molecule has 2 heterocycles. The number of hydrogen-bond donors (Lipinski definition) is 2. The predicted octanol–water partition coefficient (Wildman–Crippen LogP) is 5.74. The van der Waals surface area contributed by atoms with E-state index in [0.29, 0.717) is 25.4 Å². The molecule has 0 saturated carbocycles. The SMILES string of the molecule is Cc1c(N2CCc3ccccc3C2)nc2ccc(Br)cc2c1BNCC(CCC(=O)O)c1ccccc1Cl. The van der Waals surface area contributed by atoms with E-state index in [1.807, 2.05) is 30.3 Å². The van der Waals surface area contributed by atoms with Gasteiger partial charge in [-0.2, -0.15) is 0 Å². The second-order valence-electron chi connectivity index (χ2n) is 9.92. The van der Waals surface area contributed by atoms with E-state index in [4.69, 9.17) is 16.6 Å². The van der Waals surface area contributed by atoms with Crippen molar-refractivity contribution >= 4 is 63.1 Å². The average Bonchev–Trinajstić information content (AvgIpc) is 2.91. The van der Waals surface area contributed by atoms with Crippen molar-refractivity contribution in [2.75, 3.05) is 18.0 Å². The zero-order valence-electron chi connectivity index (χ0n) is 21.4. The van der Waals surface area contributed by atoms with Gasteiger partial charge in [-0.05, 0) is 89.6 Å². The molecule has 8 heteroatoms. The predicted molar refractivity (Wildman–Crippen MR) is 161 cm³/mol. The molecule has 194 valence electrons. The highest BCUT2D eigenvalue weighted by atomic mass is 79.9. The number of rotatable bonds is 9. The number of hydrogen-bond acceptors (Lipinski definition) is 4. The molecule has 5 nitrogen and oxygen atoms in total. The Kier molecular flexibility index (Phi) is 8.37. The summed E-state index contributed by atoms with van der Waals surface area (Å²) in [5.41, 5.74) is 7.10. The molecule has 4 aromatic rings. The monoisotopic (exact) mass is 589 g/mol. The van der Waals surface area contributed by atoms with Gasteiger partial charge in [-0.15, -0.1) is 0 Å². The highest BCUT2D eigenvalue weighted by molar-refractivity contribution is 9.10. The number of fused-ring (bicyclic) bond motifs is 2. The summed E-state index contributed by atoms with van der Waals surface area (Å²) in [7, 11) is 0.646. The van der Waals surface area contributed by atoms with Gasteiger partial charge in [-0.25, -0.2) is 4.98 Å². The first kappa shape index (κ1) is 26.7. The highest BCUT2D eigenvalue weighted by Gasteiger charge is 2.23. The number of halogens is 2. The minimum atomic E-state index is -0.796. The van der Waals surface area contributed by atoms with Crippen LogP contribution in [0.3, 0.4) is 0 Å². The van der Waals surface area contributed by atoms with Crippen molar-refractivity contribution in [3.8, 4) is 0 Å². The van der Waals surface area contributed by atoms with Gasteiger partial charge >= 0.3 is 5.97 Å². The number of anilines is 1. The quantitative estimate of drug-likeness (QED) is 0.244. The summed E-state index contributed by atoms with van der Waals surface area (Å²) in [4.78, 5) is 18.8. The lowest BCUT2D eigenvalue weighted by Crippen LogP contribution is -2.38. The zero-order chi connectivity index (χ0) is 26.6. The molecule has 1 aliphatic heterocycles. The van der Waals surface area contributed by atoms with Crippen LogP contribution in [0.1, 0.15) is 41.0 Å². The van der Waals surface area contributed by atoms with E-state index in [1.165, 1.54) is 22.2 Å². The van der Waals surface area contributed by atoms with Crippen molar-refractivity contribution in [2.45, 2.75) is 38.6 Å². The van der Waals surface area contributed by atoms with E-state index < -0.39 is 5.97 Å². The minimum absolute atomic E-state index is 0.00184. The summed E-state index contributed by atoms with van der Waals surface area (Å²) in [6, 6.07) is 22.6. The molecule has 1 aromatic heterocycles. The number of aromatic nitrogens is 1. The van der Waals surface area contributed by atoms with Crippen LogP contribution in [0.5, 0.6) is 0 Å². The maximum absolute atomic E-state index is 11.3. The Morgan fingerprint density at radius 2 is 1.92 bits per heavy atom. The fourth-order valence-corrected chi connectivity index (χ4v) is 6.09. The van der Waals surface area contributed by atoms with Crippen LogP contribution in [-0.2, 0) is 17.8 Å². The van der Waals surface area contributed by atoms with Gasteiger partial charge in [0.2, 0.25) is 7.41 Å². The largest absolute Gasteiger partial charge is 0.481 e. The van der Waals surface area contributed by atoms with Crippen LogP contribution in [0.15, 0.2) is 71.2 Å². The molecule has 1 aliphatic rings. The van der Waals surface area contributed by atoms with Gasteiger partial charge in [0.1, 0.15) is 5.82 Å². The molecule has 2 N–H and O–H groups in total. The standard InChI is InChI=1S/C30H30BBrClN3O2/c1-19-29(31-34-17-21(10-13-28(37)38)24-8-4-5-9-26(24)33)25-16-23(32)11-12-27(25)35-30(19)36-15-14-20-6-2-3-7-22(20)18-36/h2-9,11-12,16,21,31,34H,10,13-15,17-18H2,1H3,(H,37,38). The zero-order valence-corrected chi connectivity index (χ0v) is 23.7. The molecule has 38 heavy (non-hydrogen) atoms. The molecule has 0 spiro atoms. The Hall–Kier alpha value is -2.87. The molecule has 5 rings (SSSR count).